The molecule has 2 fully saturated rings. The van der Waals surface area contributed by atoms with Crippen molar-refractivity contribution in [3.8, 4) is 5.75 Å². The average molecular weight is 374 g/mol. The number of carbonyl (C=O) groups is 1. The molecule has 1 aromatic rings. The molecular weight excluding hydrogens is 338 g/mol. The van der Waals surface area contributed by atoms with Crippen LogP contribution in [0.1, 0.15) is 51.5 Å². The molecule has 1 aromatic carbocycles. The van der Waals surface area contributed by atoms with Crippen molar-refractivity contribution >= 4 is 5.91 Å². The standard InChI is InChI=1S/C22H35N3O2/c1-3-25(4-2)11-12-27-21-8-6-5-7-18(21)16-23-22(26)15-17-13-19-9-10-20(14-17)24-19/h5-8,17,19-20,24H,3-4,9-16H2,1-2H3,(H,23,26). The normalized spacial score (nSPS) is 24.2. The molecular formula is C22H35N3O2. The summed E-state index contributed by atoms with van der Waals surface area (Å²) in [7, 11) is 0. The summed E-state index contributed by atoms with van der Waals surface area (Å²) in [6.07, 6.45) is 5.51. The van der Waals surface area contributed by atoms with Crippen molar-refractivity contribution < 1.29 is 9.53 Å². The Morgan fingerprint density at radius 1 is 1.19 bits per heavy atom. The zero-order chi connectivity index (χ0) is 19.1. The Kier molecular flexibility index (Phi) is 7.53. The molecule has 1 amide bonds. The first-order chi connectivity index (χ1) is 13.2. The van der Waals surface area contributed by atoms with Crippen LogP contribution in [0.25, 0.3) is 0 Å². The highest BCUT2D eigenvalue weighted by Crippen LogP contribution is 2.32. The van der Waals surface area contributed by atoms with E-state index in [0.717, 1.165) is 43.8 Å². The van der Waals surface area contributed by atoms with Gasteiger partial charge >= 0.3 is 0 Å². The highest BCUT2D eigenvalue weighted by molar-refractivity contribution is 5.76. The molecule has 2 aliphatic heterocycles. The molecule has 2 unspecified atom stereocenters. The number of carbonyl (C=O) groups excluding carboxylic acids is 1. The Bertz CT molecular complexity index is 591. The van der Waals surface area contributed by atoms with Gasteiger partial charge in [-0.25, -0.2) is 0 Å². The number of benzene rings is 1. The van der Waals surface area contributed by atoms with E-state index in [4.69, 9.17) is 4.74 Å². The molecule has 2 N–H and O–H groups in total. The third-order valence-corrected chi connectivity index (χ3v) is 6.05. The van der Waals surface area contributed by atoms with Crippen molar-refractivity contribution in [2.24, 2.45) is 5.92 Å². The number of piperidine rings is 1. The summed E-state index contributed by atoms with van der Waals surface area (Å²) in [5.41, 5.74) is 1.05. The van der Waals surface area contributed by atoms with E-state index in [-0.39, 0.29) is 5.91 Å². The van der Waals surface area contributed by atoms with Gasteiger partial charge in [-0.2, -0.15) is 0 Å². The minimum atomic E-state index is 0.166. The Hall–Kier alpha value is -1.59. The van der Waals surface area contributed by atoms with E-state index in [1.807, 2.05) is 24.3 Å². The van der Waals surface area contributed by atoms with Gasteiger partial charge in [0.2, 0.25) is 5.91 Å². The van der Waals surface area contributed by atoms with Crippen molar-refractivity contribution in [1.82, 2.24) is 15.5 Å². The lowest BCUT2D eigenvalue weighted by molar-refractivity contribution is -0.122. The van der Waals surface area contributed by atoms with Gasteiger partial charge in [-0.1, -0.05) is 32.0 Å². The first-order valence-corrected chi connectivity index (χ1v) is 10.6. The van der Waals surface area contributed by atoms with E-state index in [9.17, 15) is 4.79 Å². The van der Waals surface area contributed by atoms with Crippen LogP contribution in [0.3, 0.4) is 0 Å². The minimum Gasteiger partial charge on any atom is -0.492 e. The average Bonchev–Trinajstić information content (AvgIpc) is 3.02. The summed E-state index contributed by atoms with van der Waals surface area (Å²) >= 11 is 0. The van der Waals surface area contributed by atoms with Gasteiger partial charge in [-0.05, 0) is 50.8 Å². The highest BCUT2D eigenvalue weighted by Gasteiger charge is 2.34. The molecule has 2 atom stereocenters. The van der Waals surface area contributed by atoms with Gasteiger partial charge in [0.1, 0.15) is 12.4 Å². The number of hydrogen-bond donors (Lipinski definition) is 2. The zero-order valence-corrected chi connectivity index (χ0v) is 16.9. The van der Waals surface area contributed by atoms with Crippen molar-refractivity contribution in [3.05, 3.63) is 29.8 Å². The van der Waals surface area contributed by atoms with Crippen LogP contribution >= 0.6 is 0 Å². The fourth-order valence-electron chi connectivity index (χ4n) is 4.49. The van der Waals surface area contributed by atoms with Crippen LogP contribution in [0.4, 0.5) is 0 Å². The number of rotatable bonds is 10. The molecule has 0 saturated carbocycles. The largest absolute Gasteiger partial charge is 0.492 e. The van der Waals surface area contributed by atoms with Gasteiger partial charge in [-0.3, -0.25) is 4.79 Å². The van der Waals surface area contributed by atoms with Crippen molar-refractivity contribution in [2.75, 3.05) is 26.2 Å². The minimum absolute atomic E-state index is 0.166. The molecule has 0 spiro atoms. The predicted molar refractivity (Wildman–Crippen MR) is 109 cm³/mol. The van der Waals surface area contributed by atoms with Crippen molar-refractivity contribution in [3.63, 3.8) is 0 Å². The second-order valence-electron chi connectivity index (χ2n) is 7.94. The van der Waals surface area contributed by atoms with Crippen molar-refractivity contribution in [1.29, 1.82) is 0 Å². The van der Waals surface area contributed by atoms with Crippen LogP contribution in [0.5, 0.6) is 5.75 Å². The Morgan fingerprint density at radius 2 is 1.89 bits per heavy atom. The summed E-state index contributed by atoms with van der Waals surface area (Å²) in [5, 5.41) is 6.75. The maximum absolute atomic E-state index is 12.4. The number of para-hydroxylation sites is 1. The molecule has 0 radical (unpaired) electrons. The lowest BCUT2D eigenvalue weighted by Gasteiger charge is -2.28. The molecule has 2 bridgehead atoms. The fourth-order valence-corrected chi connectivity index (χ4v) is 4.49. The summed E-state index contributed by atoms with van der Waals surface area (Å²) in [4.78, 5) is 14.8. The van der Waals surface area contributed by atoms with Gasteiger partial charge in [0.25, 0.3) is 0 Å². The van der Waals surface area contributed by atoms with E-state index in [1.165, 1.54) is 12.8 Å². The van der Waals surface area contributed by atoms with Crippen molar-refractivity contribution in [2.45, 2.75) is 64.6 Å². The monoisotopic (exact) mass is 373 g/mol. The lowest BCUT2D eigenvalue weighted by Crippen LogP contribution is -2.39. The number of ether oxygens (including phenoxy) is 1. The highest BCUT2D eigenvalue weighted by atomic mass is 16.5. The van der Waals surface area contributed by atoms with Gasteiger partial charge < -0.3 is 20.3 Å². The third kappa shape index (κ3) is 5.94. The first-order valence-electron chi connectivity index (χ1n) is 10.6. The maximum Gasteiger partial charge on any atom is 0.220 e. The molecule has 2 heterocycles. The lowest BCUT2D eigenvalue weighted by atomic mass is 9.89. The van der Waals surface area contributed by atoms with E-state index < -0.39 is 0 Å². The van der Waals surface area contributed by atoms with Crippen LogP contribution in [0, 0.1) is 5.92 Å². The van der Waals surface area contributed by atoms with Crippen LogP contribution in [0.2, 0.25) is 0 Å². The van der Waals surface area contributed by atoms with Gasteiger partial charge in [-0.15, -0.1) is 0 Å². The van der Waals surface area contributed by atoms with E-state index >= 15 is 0 Å². The number of amides is 1. The van der Waals surface area contributed by atoms with Gasteiger partial charge in [0.05, 0.1) is 0 Å². The quantitative estimate of drug-likeness (QED) is 0.662. The van der Waals surface area contributed by atoms with Crippen LogP contribution < -0.4 is 15.4 Å². The molecule has 5 heteroatoms. The molecule has 5 nitrogen and oxygen atoms in total. The second-order valence-corrected chi connectivity index (χ2v) is 7.94. The SMILES string of the molecule is CCN(CC)CCOc1ccccc1CNC(=O)CC1CC2CCC(C1)N2. The number of likely N-dealkylation sites (N-methyl/N-ethyl adjacent to an activating group) is 1. The fraction of sp³-hybridized carbons (Fsp3) is 0.682. The van der Waals surface area contributed by atoms with Gasteiger partial charge in [0, 0.05) is 37.2 Å². The predicted octanol–water partition coefficient (Wildman–Crippen LogP) is 2.94. The molecule has 0 aromatic heterocycles. The maximum atomic E-state index is 12.4. The summed E-state index contributed by atoms with van der Waals surface area (Å²) in [6, 6.07) is 9.31. The molecule has 2 saturated heterocycles. The van der Waals surface area contributed by atoms with E-state index in [1.54, 1.807) is 0 Å². The smallest absolute Gasteiger partial charge is 0.220 e. The van der Waals surface area contributed by atoms with Crippen LogP contribution in [-0.4, -0.2) is 49.1 Å². The third-order valence-electron chi connectivity index (χ3n) is 6.05. The molecule has 2 aliphatic rings. The summed E-state index contributed by atoms with van der Waals surface area (Å²) in [6.45, 7) is 8.54. The number of hydrogen-bond acceptors (Lipinski definition) is 4. The summed E-state index contributed by atoms with van der Waals surface area (Å²) in [5.74, 6) is 1.58. The molecule has 150 valence electrons. The topological polar surface area (TPSA) is 53.6 Å². The first kappa shape index (κ1) is 20.2. The molecule has 27 heavy (non-hydrogen) atoms. The zero-order valence-electron chi connectivity index (χ0n) is 16.9. The van der Waals surface area contributed by atoms with Crippen LogP contribution in [-0.2, 0) is 11.3 Å². The van der Waals surface area contributed by atoms with Crippen LogP contribution in [0.15, 0.2) is 24.3 Å². The molecule has 0 aliphatic carbocycles. The Morgan fingerprint density at radius 3 is 2.59 bits per heavy atom. The van der Waals surface area contributed by atoms with E-state index in [2.05, 4.69) is 29.4 Å². The van der Waals surface area contributed by atoms with E-state index in [0.29, 0.717) is 37.6 Å². The number of nitrogens with zero attached hydrogens (tertiary/aromatic N) is 1. The Balaban J connectivity index is 1.44. The number of fused-ring (bicyclic) bond motifs is 2. The number of nitrogens with one attached hydrogen (secondary N) is 2. The summed E-state index contributed by atoms with van der Waals surface area (Å²) < 4.78 is 5.99. The van der Waals surface area contributed by atoms with Gasteiger partial charge in [0.15, 0.2) is 0 Å². The molecule has 3 rings (SSSR count). The Labute approximate surface area is 163 Å². The second kappa shape index (κ2) is 10.1.